The quantitative estimate of drug-likeness (QED) is 0.736. The minimum atomic E-state index is -0.397. The topological polar surface area (TPSA) is 46.6 Å². The summed E-state index contributed by atoms with van der Waals surface area (Å²) in [6.07, 6.45) is 0.153. The Morgan fingerprint density at radius 3 is 2.44 bits per heavy atom. The second-order valence-electron chi connectivity index (χ2n) is 5.92. The summed E-state index contributed by atoms with van der Waals surface area (Å²) in [6, 6.07) is 14.2. The zero-order valence-electron chi connectivity index (χ0n) is 13.0. The number of carbonyl (C=O) groups excluding carboxylic acids is 2. The number of cyclic esters (lactones) is 1. The molecule has 1 amide bonds. The van der Waals surface area contributed by atoms with E-state index in [2.05, 4.69) is 0 Å². The first-order valence-electron chi connectivity index (χ1n) is 7.79. The highest BCUT2D eigenvalue weighted by Gasteiger charge is 2.43. The zero-order chi connectivity index (χ0) is 17.6. The van der Waals surface area contributed by atoms with Gasteiger partial charge >= 0.3 is 5.97 Å². The molecular weight excluding hydrogens is 361 g/mol. The molecule has 6 heteroatoms. The molecule has 2 aromatic carbocycles. The van der Waals surface area contributed by atoms with Crippen molar-refractivity contribution in [3.8, 4) is 0 Å². The molecule has 2 heterocycles. The van der Waals surface area contributed by atoms with Gasteiger partial charge in [-0.1, -0.05) is 41.4 Å². The summed E-state index contributed by atoms with van der Waals surface area (Å²) < 4.78 is 5.24. The summed E-state index contributed by atoms with van der Waals surface area (Å²) in [4.78, 5) is 26.8. The fourth-order valence-corrected chi connectivity index (χ4v) is 3.76. The number of anilines is 1. The van der Waals surface area contributed by atoms with Crippen LogP contribution in [0.4, 0.5) is 5.69 Å². The Labute approximate surface area is 154 Å². The van der Waals surface area contributed by atoms with Crippen LogP contribution in [-0.4, -0.2) is 18.5 Å². The number of benzene rings is 2. The fraction of sp³-hybridized carbons (Fsp3) is 0.158. The third-order valence-electron chi connectivity index (χ3n) is 4.48. The van der Waals surface area contributed by atoms with Gasteiger partial charge in [0.15, 0.2) is 0 Å². The van der Waals surface area contributed by atoms with Crippen molar-refractivity contribution in [3.05, 3.63) is 75.4 Å². The lowest BCUT2D eigenvalue weighted by Gasteiger charge is -2.32. The number of halogens is 2. The third-order valence-corrected chi connectivity index (χ3v) is 5.08. The van der Waals surface area contributed by atoms with Crippen LogP contribution in [0.15, 0.2) is 59.8 Å². The van der Waals surface area contributed by atoms with Gasteiger partial charge in [0.25, 0.3) is 0 Å². The van der Waals surface area contributed by atoms with Crippen LogP contribution in [0.1, 0.15) is 17.9 Å². The second-order valence-corrected chi connectivity index (χ2v) is 6.76. The Balaban J connectivity index is 1.85. The monoisotopic (exact) mass is 373 g/mol. The predicted octanol–water partition coefficient (Wildman–Crippen LogP) is 4.32. The fourth-order valence-electron chi connectivity index (χ4n) is 3.37. The van der Waals surface area contributed by atoms with Crippen molar-refractivity contribution in [1.29, 1.82) is 0 Å². The van der Waals surface area contributed by atoms with Crippen molar-refractivity contribution >= 4 is 40.8 Å². The van der Waals surface area contributed by atoms with Crippen molar-refractivity contribution in [3.63, 3.8) is 0 Å². The van der Waals surface area contributed by atoms with Gasteiger partial charge in [0.2, 0.25) is 5.91 Å². The lowest BCUT2D eigenvalue weighted by atomic mass is 9.84. The molecule has 0 radical (unpaired) electrons. The molecule has 1 atom stereocenters. The van der Waals surface area contributed by atoms with Gasteiger partial charge in [-0.2, -0.15) is 0 Å². The smallest absolute Gasteiger partial charge is 0.336 e. The first-order valence-corrected chi connectivity index (χ1v) is 8.55. The van der Waals surface area contributed by atoms with Crippen LogP contribution >= 0.6 is 23.2 Å². The number of carbonyl (C=O) groups is 2. The first-order chi connectivity index (χ1) is 12.1. The third kappa shape index (κ3) is 2.71. The summed E-state index contributed by atoms with van der Waals surface area (Å²) in [5.41, 5.74) is 2.51. The molecule has 0 aromatic heterocycles. The standard InChI is InChI=1S/C19H13Cl2NO3/c20-11-5-7-12(8-6-11)22-16-10-25-19(24)18(16)14(9-17(22)23)13-3-1-2-4-15(13)21/h1-8,14H,9-10H2. The van der Waals surface area contributed by atoms with Crippen LogP contribution in [0, 0.1) is 0 Å². The van der Waals surface area contributed by atoms with Crippen LogP contribution in [0.25, 0.3) is 0 Å². The molecule has 4 nitrogen and oxygen atoms in total. The summed E-state index contributed by atoms with van der Waals surface area (Å²) in [7, 11) is 0. The lowest BCUT2D eigenvalue weighted by Crippen LogP contribution is -2.37. The highest BCUT2D eigenvalue weighted by Crippen LogP contribution is 2.43. The van der Waals surface area contributed by atoms with Gasteiger partial charge in [-0.3, -0.25) is 9.69 Å². The predicted molar refractivity (Wildman–Crippen MR) is 95.7 cm³/mol. The molecule has 0 saturated heterocycles. The van der Waals surface area contributed by atoms with E-state index in [1.807, 2.05) is 18.2 Å². The van der Waals surface area contributed by atoms with E-state index >= 15 is 0 Å². The molecule has 4 rings (SSSR count). The molecule has 0 spiro atoms. The van der Waals surface area contributed by atoms with Crippen LogP contribution in [0.3, 0.4) is 0 Å². The number of rotatable bonds is 2. The summed E-state index contributed by atoms with van der Waals surface area (Å²) >= 11 is 12.2. The van der Waals surface area contributed by atoms with Gasteiger partial charge in [0.1, 0.15) is 6.61 Å². The second kappa shape index (κ2) is 6.21. The van der Waals surface area contributed by atoms with Crippen LogP contribution in [-0.2, 0) is 14.3 Å². The Morgan fingerprint density at radius 1 is 1.00 bits per heavy atom. The van der Waals surface area contributed by atoms with E-state index in [0.29, 0.717) is 27.0 Å². The van der Waals surface area contributed by atoms with E-state index in [0.717, 1.165) is 5.56 Å². The number of hydrogen-bond acceptors (Lipinski definition) is 3. The Morgan fingerprint density at radius 2 is 1.72 bits per heavy atom. The van der Waals surface area contributed by atoms with E-state index in [9.17, 15) is 9.59 Å². The normalized spacial score (nSPS) is 19.9. The van der Waals surface area contributed by atoms with Crippen LogP contribution in [0.5, 0.6) is 0 Å². The SMILES string of the molecule is O=C1OCC2=C1C(c1ccccc1Cl)CC(=O)N2c1ccc(Cl)cc1. The number of esters is 1. The van der Waals surface area contributed by atoms with Gasteiger partial charge < -0.3 is 4.74 Å². The van der Waals surface area contributed by atoms with Crippen molar-refractivity contribution in [2.45, 2.75) is 12.3 Å². The van der Waals surface area contributed by atoms with Gasteiger partial charge in [0, 0.05) is 28.1 Å². The molecule has 2 aliphatic heterocycles. The molecule has 0 bridgehead atoms. The Bertz CT molecular complexity index is 905. The molecule has 0 N–H and O–H groups in total. The minimum absolute atomic E-state index is 0.0729. The molecule has 2 aromatic rings. The summed E-state index contributed by atoms with van der Waals surface area (Å²) in [6.45, 7) is 0.0729. The summed E-state index contributed by atoms with van der Waals surface area (Å²) in [5.74, 6) is -0.898. The number of amides is 1. The van der Waals surface area contributed by atoms with E-state index in [1.165, 1.54) is 0 Å². The lowest BCUT2D eigenvalue weighted by molar-refractivity contribution is -0.136. The highest BCUT2D eigenvalue weighted by atomic mass is 35.5. The van der Waals surface area contributed by atoms with Crippen molar-refractivity contribution < 1.29 is 14.3 Å². The van der Waals surface area contributed by atoms with Crippen LogP contribution < -0.4 is 4.90 Å². The molecule has 0 aliphatic carbocycles. The van der Waals surface area contributed by atoms with Crippen molar-refractivity contribution in [1.82, 2.24) is 0 Å². The van der Waals surface area contributed by atoms with Gasteiger partial charge in [0.05, 0.1) is 11.3 Å². The molecule has 0 fully saturated rings. The molecular formula is C19H13Cl2NO3. The zero-order valence-corrected chi connectivity index (χ0v) is 14.6. The maximum atomic E-state index is 12.9. The average molecular weight is 374 g/mol. The molecule has 2 aliphatic rings. The number of hydrogen-bond donors (Lipinski definition) is 0. The van der Waals surface area contributed by atoms with Crippen LogP contribution in [0.2, 0.25) is 10.0 Å². The largest absolute Gasteiger partial charge is 0.456 e. The minimum Gasteiger partial charge on any atom is -0.456 e. The number of nitrogens with zero attached hydrogens (tertiary/aromatic N) is 1. The van der Waals surface area contributed by atoms with Gasteiger partial charge in [-0.25, -0.2) is 4.79 Å². The average Bonchev–Trinajstić information content (AvgIpc) is 2.98. The summed E-state index contributed by atoms with van der Waals surface area (Å²) in [5, 5.41) is 1.11. The Kier molecular flexibility index (Phi) is 4.02. The van der Waals surface area contributed by atoms with Crippen molar-refractivity contribution in [2.24, 2.45) is 0 Å². The van der Waals surface area contributed by atoms with Gasteiger partial charge in [-0.15, -0.1) is 0 Å². The van der Waals surface area contributed by atoms with E-state index in [4.69, 9.17) is 27.9 Å². The highest BCUT2D eigenvalue weighted by molar-refractivity contribution is 6.31. The van der Waals surface area contributed by atoms with E-state index < -0.39 is 11.9 Å². The molecule has 126 valence electrons. The van der Waals surface area contributed by atoms with Gasteiger partial charge in [-0.05, 0) is 35.9 Å². The Hall–Kier alpha value is -2.30. The first kappa shape index (κ1) is 16.2. The molecule has 25 heavy (non-hydrogen) atoms. The molecule has 1 unspecified atom stereocenters. The number of ether oxygens (including phenoxy) is 1. The maximum absolute atomic E-state index is 12.9. The van der Waals surface area contributed by atoms with Crippen molar-refractivity contribution in [2.75, 3.05) is 11.5 Å². The van der Waals surface area contributed by atoms with E-state index in [1.54, 1.807) is 35.2 Å². The van der Waals surface area contributed by atoms with E-state index in [-0.39, 0.29) is 18.9 Å². The maximum Gasteiger partial charge on any atom is 0.336 e. The molecule has 0 saturated carbocycles.